The molecule has 1 N–H and O–H groups in total. The number of aliphatic hydroxyl groups excluding tert-OH is 1. The second-order valence-corrected chi connectivity index (χ2v) is 3.97. The molecule has 0 aliphatic carbocycles. The number of aliphatic hydroxyl groups is 1. The Morgan fingerprint density at radius 2 is 2.05 bits per heavy atom. The summed E-state index contributed by atoms with van der Waals surface area (Å²) in [4.78, 5) is 0. The van der Waals surface area contributed by atoms with Crippen LogP contribution in [0.3, 0.4) is 0 Å². The van der Waals surface area contributed by atoms with Crippen LogP contribution in [-0.2, 0) is 4.74 Å². The smallest absolute Gasteiger partial charge is 0.161 e. The minimum atomic E-state index is -0.877. The second-order valence-electron chi connectivity index (χ2n) is 3.97. The Balaban J connectivity index is 3.02. The Bertz CT molecular complexity index is 442. The summed E-state index contributed by atoms with van der Waals surface area (Å²) in [5.74, 6) is 0.500. The predicted octanol–water partition coefficient (Wildman–Crippen LogP) is 1.71. The van der Waals surface area contributed by atoms with Crippen molar-refractivity contribution in [2.75, 3.05) is 27.4 Å². The van der Waals surface area contributed by atoms with Gasteiger partial charge in [0.25, 0.3) is 0 Å². The van der Waals surface area contributed by atoms with Crippen molar-refractivity contribution in [1.82, 2.24) is 0 Å². The number of benzene rings is 1. The first-order valence-corrected chi connectivity index (χ1v) is 6.05. The lowest BCUT2D eigenvalue weighted by Gasteiger charge is -2.18. The summed E-state index contributed by atoms with van der Waals surface area (Å²) in [6.45, 7) is 2.52. The van der Waals surface area contributed by atoms with Gasteiger partial charge in [0.2, 0.25) is 0 Å². The highest BCUT2D eigenvalue weighted by Crippen LogP contribution is 2.31. The van der Waals surface area contributed by atoms with Gasteiger partial charge in [-0.1, -0.05) is 6.07 Å². The fourth-order valence-corrected chi connectivity index (χ4v) is 1.80. The van der Waals surface area contributed by atoms with Crippen LogP contribution in [0.4, 0.5) is 0 Å². The van der Waals surface area contributed by atoms with Gasteiger partial charge in [-0.3, -0.25) is 0 Å². The molecule has 1 rings (SSSR count). The first-order chi connectivity index (χ1) is 9.17. The summed E-state index contributed by atoms with van der Waals surface area (Å²) in [5.41, 5.74) is 0.673. The molecular weight excluding hydrogens is 246 g/mol. The SMILES string of the molecule is CCOc1ccc(C(C#N)C(O)COC)cc1OC. The van der Waals surface area contributed by atoms with E-state index in [9.17, 15) is 10.4 Å². The van der Waals surface area contributed by atoms with Crippen LogP contribution >= 0.6 is 0 Å². The molecule has 1 aromatic rings. The average Bonchev–Trinajstić information content (AvgIpc) is 2.41. The van der Waals surface area contributed by atoms with Gasteiger partial charge < -0.3 is 19.3 Å². The molecular formula is C14H19NO4. The third-order valence-electron chi connectivity index (χ3n) is 2.71. The molecule has 2 atom stereocenters. The van der Waals surface area contributed by atoms with Crippen molar-refractivity contribution in [1.29, 1.82) is 5.26 Å². The Kier molecular flexibility index (Phi) is 6.13. The molecule has 2 unspecified atom stereocenters. The van der Waals surface area contributed by atoms with Gasteiger partial charge in [0.05, 0.1) is 38.4 Å². The zero-order valence-electron chi connectivity index (χ0n) is 11.4. The molecule has 0 spiro atoms. The van der Waals surface area contributed by atoms with Crippen LogP contribution < -0.4 is 9.47 Å². The summed E-state index contributed by atoms with van der Waals surface area (Å²) in [7, 11) is 3.02. The van der Waals surface area contributed by atoms with E-state index in [0.29, 0.717) is 23.7 Å². The van der Waals surface area contributed by atoms with E-state index in [1.165, 1.54) is 14.2 Å². The third-order valence-corrected chi connectivity index (χ3v) is 2.71. The summed E-state index contributed by atoms with van der Waals surface area (Å²) < 4.78 is 15.5. The summed E-state index contributed by atoms with van der Waals surface area (Å²) in [6.07, 6.45) is -0.877. The summed E-state index contributed by atoms with van der Waals surface area (Å²) in [5, 5.41) is 19.1. The molecule has 5 heteroatoms. The lowest BCUT2D eigenvalue weighted by Crippen LogP contribution is -2.22. The number of rotatable bonds is 7. The highest BCUT2D eigenvalue weighted by atomic mass is 16.5. The van der Waals surface area contributed by atoms with E-state index >= 15 is 0 Å². The molecule has 0 bridgehead atoms. The zero-order chi connectivity index (χ0) is 14.3. The first-order valence-electron chi connectivity index (χ1n) is 6.05. The van der Waals surface area contributed by atoms with Crippen molar-refractivity contribution in [2.45, 2.75) is 18.9 Å². The molecule has 104 valence electrons. The van der Waals surface area contributed by atoms with Crippen molar-refractivity contribution >= 4 is 0 Å². The summed E-state index contributed by atoms with van der Waals surface area (Å²) in [6, 6.07) is 7.27. The fourth-order valence-electron chi connectivity index (χ4n) is 1.80. The van der Waals surface area contributed by atoms with Crippen LogP contribution in [0.15, 0.2) is 18.2 Å². The molecule has 0 aliphatic heterocycles. The Labute approximate surface area is 113 Å². The molecule has 5 nitrogen and oxygen atoms in total. The highest BCUT2D eigenvalue weighted by Gasteiger charge is 2.22. The number of nitrogens with zero attached hydrogens (tertiary/aromatic N) is 1. The number of hydrogen-bond donors (Lipinski definition) is 1. The maximum absolute atomic E-state index is 9.88. The maximum Gasteiger partial charge on any atom is 0.161 e. The van der Waals surface area contributed by atoms with E-state index in [1.807, 2.05) is 6.92 Å². The quantitative estimate of drug-likeness (QED) is 0.812. The lowest BCUT2D eigenvalue weighted by atomic mass is 9.95. The monoisotopic (exact) mass is 265 g/mol. The van der Waals surface area contributed by atoms with E-state index in [-0.39, 0.29) is 6.61 Å². The normalized spacial score (nSPS) is 13.4. The van der Waals surface area contributed by atoms with Crippen molar-refractivity contribution in [3.63, 3.8) is 0 Å². The molecule has 0 radical (unpaired) electrons. The number of methoxy groups -OCH3 is 2. The minimum Gasteiger partial charge on any atom is -0.493 e. The topological polar surface area (TPSA) is 71.7 Å². The van der Waals surface area contributed by atoms with Crippen molar-refractivity contribution in [3.8, 4) is 17.6 Å². The second kappa shape index (κ2) is 7.62. The van der Waals surface area contributed by atoms with Crippen LogP contribution in [0.2, 0.25) is 0 Å². The molecule has 19 heavy (non-hydrogen) atoms. The molecule has 0 amide bonds. The lowest BCUT2D eigenvalue weighted by molar-refractivity contribution is 0.0571. The van der Waals surface area contributed by atoms with E-state index in [2.05, 4.69) is 6.07 Å². The third kappa shape index (κ3) is 3.85. The van der Waals surface area contributed by atoms with Gasteiger partial charge in [0, 0.05) is 7.11 Å². The number of ether oxygens (including phenoxy) is 3. The average molecular weight is 265 g/mol. The van der Waals surface area contributed by atoms with E-state index in [0.717, 1.165) is 0 Å². The standard InChI is InChI=1S/C14H19NO4/c1-4-19-13-6-5-10(7-14(13)18-3)11(8-15)12(16)9-17-2/h5-7,11-12,16H,4,9H2,1-3H3. The van der Waals surface area contributed by atoms with Gasteiger partial charge in [0.15, 0.2) is 11.5 Å². The van der Waals surface area contributed by atoms with Crippen molar-refractivity contribution in [2.24, 2.45) is 0 Å². The first kappa shape index (κ1) is 15.3. The van der Waals surface area contributed by atoms with E-state index < -0.39 is 12.0 Å². The van der Waals surface area contributed by atoms with E-state index in [4.69, 9.17) is 14.2 Å². The van der Waals surface area contributed by atoms with Crippen LogP contribution in [0.1, 0.15) is 18.4 Å². The Hall–Kier alpha value is -1.77. The van der Waals surface area contributed by atoms with Crippen LogP contribution in [0.5, 0.6) is 11.5 Å². The highest BCUT2D eigenvalue weighted by molar-refractivity contribution is 5.45. The zero-order valence-corrected chi connectivity index (χ0v) is 11.4. The van der Waals surface area contributed by atoms with Gasteiger partial charge in [0.1, 0.15) is 0 Å². The van der Waals surface area contributed by atoms with Gasteiger partial charge in [-0.2, -0.15) is 5.26 Å². The van der Waals surface area contributed by atoms with Crippen LogP contribution in [0, 0.1) is 11.3 Å². The predicted molar refractivity (Wildman–Crippen MR) is 70.4 cm³/mol. The maximum atomic E-state index is 9.88. The molecule has 0 fully saturated rings. The Morgan fingerprint density at radius 1 is 1.32 bits per heavy atom. The van der Waals surface area contributed by atoms with Crippen LogP contribution in [-0.4, -0.2) is 38.6 Å². The summed E-state index contributed by atoms with van der Waals surface area (Å²) >= 11 is 0. The van der Waals surface area contributed by atoms with Crippen molar-refractivity contribution < 1.29 is 19.3 Å². The molecule has 0 saturated carbocycles. The Morgan fingerprint density at radius 3 is 2.58 bits per heavy atom. The molecule has 0 heterocycles. The number of nitriles is 1. The number of hydrogen-bond acceptors (Lipinski definition) is 5. The molecule has 1 aromatic carbocycles. The fraction of sp³-hybridized carbons (Fsp3) is 0.500. The van der Waals surface area contributed by atoms with Crippen molar-refractivity contribution in [3.05, 3.63) is 23.8 Å². The molecule has 0 saturated heterocycles. The molecule has 0 aromatic heterocycles. The van der Waals surface area contributed by atoms with Gasteiger partial charge in [-0.05, 0) is 24.6 Å². The molecule has 0 aliphatic rings. The largest absolute Gasteiger partial charge is 0.493 e. The van der Waals surface area contributed by atoms with E-state index in [1.54, 1.807) is 18.2 Å². The van der Waals surface area contributed by atoms with Gasteiger partial charge in [-0.15, -0.1) is 0 Å². The van der Waals surface area contributed by atoms with Gasteiger partial charge in [-0.25, -0.2) is 0 Å². The minimum absolute atomic E-state index is 0.105. The van der Waals surface area contributed by atoms with Gasteiger partial charge >= 0.3 is 0 Å². The van der Waals surface area contributed by atoms with Crippen LogP contribution in [0.25, 0.3) is 0 Å².